The summed E-state index contributed by atoms with van der Waals surface area (Å²) in [7, 11) is 0. The predicted octanol–water partition coefficient (Wildman–Crippen LogP) is 4.49. The Bertz CT molecular complexity index is 392. The molecule has 2 N–H and O–H groups in total. The Morgan fingerprint density at radius 3 is 1.88 bits per heavy atom. The molecule has 2 nitrogen and oxygen atoms in total. The van der Waals surface area contributed by atoms with E-state index in [4.69, 9.17) is 23.2 Å². The van der Waals surface area contributed by atoms with Gasteiger partial charge in [0, 0.05) is 0 Å². The van der Waals surface area contributed by atoms with Crippen LogP contribution in [0.4, 0.5) is 11.4 Å². The highest BCUT2D eigenvalue weighted by atomic mass is 35.5. The molecular weight excluding hydrogens is 243 g/mol. The second-order valence-electron chi connectivity index (χ2n) is 4.70. The summed E-state index contributed by atoms with van der Waals surface area (Å²) in [6, 6.07) is 3.82. The first-order valence-corrected chi connectivity index (χ1v) is 6.50. The number of nitrogens with one attached hydrogen (secondary N) is 2. The van der Waals surface area contributed by atoms with Crippen LogP contribution in [0.2, 0.25) is 10.0 Å². The van der Waals surface area contributed by atoms with Crippen LogP contribution in [0, 0.1) is 0 Å². The number of halogens is 2. The quantitative estimate of drug-likeness (QED) is 0.715. The van der Waals surface area contributed by atoms with Gasteiger partial charge in [-0.1, -0.05) is 29.6 Å². The van der Waals surface area contributed by atoms with E-state index < -0.39 is 0 Å². The van der Waals surface area contributed by atoms with E-state index in [2.05, 4.69) is 10.6 Å². The molecule has 0 aromatic heterocycles. The number of rotatable bonds is 0. The van der Waals surface area contributed by atoms with Crippen molar-refractivity contribution in [2.45, 2.75) is 37.8 Å². The van der Waals surface area contributed by atoms with Crippen LogP contribution in [0.15, 0.2) is 12.1 Å². The number of hydrogen-bond donors (Lipinski definition) is 2. The van der Waals surface area contributed by atoms with Crippen LogP contribution in [0.5, 0.6) is 0 Å². The Kier molecular flexibility index (Phi) is 2.45. The Morgan fingerprint density at radius 1 is 0.875 bits per heavy atom. The molecule has 1 aromatic rings. The second-order valence-corrected chi connectivity index (χ2v) is 5.52. The van der Waals surface area contributed by atoms with Crippen molar-refractivity contribution in [1.29, 1.82) is 0 Å². The number of fused-ring (bicyclic) bond motifs is 1. The van der Waals surface area contributed by atoms with Gasteiger partial charge in [-0.05, 0) is 37.8 Å². The van der Waals surface area contributed by atoms with Gasteiger partial charge >= 0.3 is 0 Å². The maximum absolute atomic E-state index is 6.02. The van der Waals surface area contributed by atoms with E-state index in [1.54, 1.807) is 0 Å². The zero-order valence-corrected chi connectivity index (χ0v) is 10.5. The van der Waals surface area contributed by atoms with Crippen molar-refractivity contribution in [1.82, 2.24) is 0 Å². The van der Waals surface area contributed by atoms with Gasteiger partial charge in [-0.25, -0.2) is 0 Å². The molecule has 1 aromatic carbocycles. The van der Waals surface area contributed by atoms with Crippen LogP contribution in [0.1, 0.15) is 32.1 Å². The van der Waals surface area contributed by atoms with Gasteiger partial charge in [-0.2, -0.15) is 0 Å². The van der Waals surface area contributed by atoms with Gasteiger partial charge in [0.1, 0.15) is 5.66 Å². The lowest BCUT2D eigenvalue weighted by atomic mass is 9.89. The van der Waals surface area contributed by atoms with Crippen LogP contribution in [0.3, 0.4) is 0 Å². The zero-order chi connectivity index (χ0) is 11.2. The molecule has 3 rings (SSSR count). The van der Waals surface area contributed by atoms with E-state index >= 15 is 0 Å². The molecule has 0 saturated heterocycles. The van der Waals surface area contributed by atoms with Crippen LogP contribution < -0.4 is 10.6 Å². The van der Waals surface area contributed by atoms with Gasteiger partial charge in [0.15, 0.2) is 0 Å². The lowest BCUT2D eigenvalue weighted by Gasteiger charge is -2.34. The van der Waals surface area contributed by atoms with E-state index in [9.17, 15) is 0 Å². The van der Waals surface area contributed by atoms with E-state index in [0.29, 0.717) is 10.0 Å². The average Bonchev–Trinajstić information content (AvgIpc) is 2.57. The molecule has 0 amide bonds. The third-order valence-electron chi connectivity index (χ3n) is 3.52. The van der Waals surface area contributed by atoms with Gasteiger partial charge in [0.2, 0.25) is 0 Å². The molecular formula is C12H14Cl2N2. The fraction of sp³-hybridized carbons (Fsp3) is 0.500. The number of benzene rings is 1. The standard InChI is InChI=1S/C12H14Cl2N2/c13-8-6-10-11(7-9(8)14)16-12(15-10)4-2-1-3-5-12/h6-7,15-16H,1-5H2. The smallest absolute Gasteiger partial charge is 0.108 e. The molecule has 0 atom stereocenters. The normalized spacial score (nSPS) is 21.4. The first-order chi connectivity index (χ1) is 7.69. The maximum Gasteiger partial charge on any atom is 0.108 e. The molecule has 0 bridgehead atoms. The third kappa shape index (κ3) is 1.64. The molecule has 0 unspecified atom stereocenters. The summed E-state index contributed by atoms with van der Waals surface area (Å²) in [5, 5.41) is 8.35. The lowest BCUT2D eigenvalue weighted by molar-refractivity contribution is 0.367. The fourth-order valence-electron chi connectivity index (χ4n) is 2.71. The molecule has 1 saturated carbocycles. The minimum Gasteiger partial charge on any atom is -0.361 e. The molecule has 86 valence electrons. The molecule has 1 aliphatic heterocycles. The van der Waals surface area contributed by atoms with Crippen molar-refractivity contribution < 1.29 is 0 Å². The molecule has 0 radical (unpaired) electrons. The van der Waals surface area contributed by atoms with Crippen molar-refractivity contribution in [3.05, 3.63) is 22.2 Å². The summed E-state index contributed by atoms with van der Waals surface area (Å²) in [4.78, 5) is 0. The summed E-state index contributed by atoms with van der Waals surface area (Å²) in [5.74, 6) is 0. The summed E-state index contributed by atoms with van der Waals surface area (Å²) in [6.07, 6.45) is 6.21. The summed E-state index contributed by atoms with van der Waals surface area (Å²) in [6.45, 7) is 0. The van der Waals surface area contributed by atoms with Gasteiger partial charge in [-0.15, -0.1) is 0 Å². The van der Waals surface area contributed by atoms with E-state index in [1.165, 1.54) is 19.3 Å². The van der Waals surface area contributed by atoms with Crippen LogP contribution in [-0.2, 0) is 0 Å². The molecule has 2 aliphatic rings. The highest BCUT2D eigenvalue weighted by Gasteiger charge is 2.37. The largest absolute Gasteiger partial charge is 0.361 e. The number of anilines is 2. The maximum atomic E-state index is 6.02. The number of hydrogen-bond acceptors (Lipinski definition) is 2. The molecule has 16 heavy (non-hydrogen) atoms. The summed E-state index contributed by atoms with van der Waals surface area (Å²) < 4.78 is 0. The molecule has 4 heteroatoms. The van der Waals surface area contributed by atoms with E-state index in [0.717, 1.165) is 24.2 Å². The highest BCUT2D eigenvalue weighted by molar-refractivity contribution is 6.42. The van der Waals surface area contributed by atoms with Crippen molar-refractivity contribution in [2.75, 3.05) is 10.6 Å². The summed E-state index contributed by atoms with van der Waals surface area (Å²) >= 11 is 12.0. The van der Waals surface area contributed by atoms with Gasteiger partial charge in [0.25, 0.3) is 0 Å². The Hall–Kier alpha value is -0.600. The average molecular weight is 257 g/mol. The van der Waals surface area contributed by atoms with Crippen molar-refractivity contribution in [3.8, 4) is 0 Å². The second kappa shape index (κ2) is 3.71. The van der Waals surface area contributed by atoms with Crippen LogP contribution >= 0.6 is 23.2 Å². The van der Waals surface area contributed by atoms with Crippen LogP contribution in [0.25, 0.3) is 0 Å². The fourth-order valence-corrected chi connectivity index (χ4v) is 3.03. The SMILES string of the molecule is Clc1cc2c(cc1Cl)NC1(CCCCC1)N2. The first kappa shape index (κ1) is 10.5. The highest BCUT2D eigenvalue weighted by Crippen LogP contribution is 2.44. The van der Waals surface area contributed by atoms with Crippen molar-refractivity contribution in [2.24, 2.45) is 0 Å². The molecule has 1 spiro atoms. The zero-order valence-electron chi connectivity index (χ0n) is 8.95. The van der Waals surface area contributed by atoms with Gasteiger partial charge < -0.3 is 10.6 Å². The summed E-state index contributed by atoms with van der Waals surface area (Å²) in [5.41, 5.74) is 2.21. The first-order valence-electron chi connectivity index (χ1n) is 5.74. The van der Waals surface area contributed by atoms with E-state index in [1.807, 2.05) is 12.1 Å². The molecule has 1 heterocycles. The van der Waals surface area contributed by atoms with Crippen molar-refractivity contribution >= 4 is 34.6 Å². The molecule has 1 fully saturated rings. The van der Waals surface area contributed by atoms with Gasteiger partial charge in [-0.3, -0.25) is 0 Å². The molecule has 1 aliphatic carbocycles. The minimum atomic E-state index is 0.0502. The third-order valence-corrected chi connectivity index (χ3v) is 4.24. The lowest BCUT2D eigenvalue weighted by Crippen LogP contribution is -2.43. The van der Waals surface area contributed by atoms with Crippen LogP contribution in [-0.4, -0.2) is 5.66 Å². The topological polar surface area (TPSA) is 24.1 Å². The Labute approximate surface area is 105 Å². The monoisotopic (exact) mass is 256 g/mol. The van der Waals surface area contributed by atoms with Gasteiger partial charge in [0.05, 0.1) is 21.4 Å². The van der Waals surface area contributed by atoms with Crippen molar-refractivity contribution in [3.63, 3.8) is 0 Å². The predicted molar refractivity (Wildman–Crippen MR) is 69.5 cm³/mol. The Morgan fingerprint density at radius 2 is 1.38 bits per heavy atom. The van der Waals surface area contributed by atoms with E-state index in [-0.39, 0.29) is 5.66 Å². The Balaban J connectivity index is 1.93. The minimum absolute atomic E-state index is 0.0502.